The fourth-order valence-electron chi connectivity index (χ4n) is 3.51. The van der Waals surface area contributed by atoms with Crippen molar-refractivity contribution in [3.63, 3.8) is 0 Å². The van der Waals surface area contributed by atoms with Gasteiger partial charge in [0.2, 0.25) is 11.8 Å². The van der Waals surface area contributed by atoms with Crippen LogP contribution in [-0.4, -0.2) is 30.9 Å². The summed E-state index contributed by atoms with van der Waals surface area (Å²) in [5, 5.41) is 5.80. The summed E-state index contributed by atoms with van der Waals surface area (Å²) in [5.41, 5.74) is 5.81. The minimum absolute atomic E-state index is 0. The van der Waals surface area contributed by atoms with Gasteiger partial charge in [0.15, 0.2) is 0 Å². The van der Waals surface area contributed by atoms with E-state index in [4.69, 9.17) is 5.73 Å². The van der Waals surface area contributed by atoms with Crippen molar-refractivity contribution < 1.29 is 9.59 Å². The Balaban J connectivity index is 0.00000242. The lowest BCUT2D eigenvalue weighted by atomic mass is 9.87. The number of carbonyl (C=O) groups excluding carboxylic acids is 2. The van der Waals surface area contributed by atoms with Gasteiger partial charge in [-0.25, -0.2) is 0 Å². The van der Waals surface area contributed by atoms with Gasteiger partial charge in [0.1, 0.15) is 0 Å². The van der Waals surface area contributed by atoms with Crippen molar-refractivity contribution in [1.29, 1.82) is 0 Å². The first-order chi connectivity index (χ1) is 10.1. The smallest absolute Gasteiger partial charge is 0.223 e. The second-order valence-corrected chi connectivity index (χ2v) is 6.62. The molecule has 0 spiro atoms. The first-order valence-corrected chi connectivity index (χ1v) is 8.45. The number of nitrogens with one attached hydrogen (secondary N) is 2. The topological polar surface area (TPSA) is 84.2 Å². The zero-order valence-electron chi connectivity index (χ0n) is 13.3. The van der Waals surface area contributed by atoms with Gasteiger partial charge in [0, 0.05) is 31.5 Å². The van der Waals surface area contributed by atoms with E-state index in [2.05, 4.69) is 10.6 Å². The normalized spacial score (nSPS) is 25.3. The van der Waals surface area contributed by atoms with Crippen LogP contribution < -0.4 is 16.4 Å². The molecular weight excluding hydrogens is 302 g/mol. The van der Waals surface area contributed by atoms with Crippen LogP contribution in [0.25, 0.3) is 0 Å². The van der Waals surface area contributed by atoms with E-state index in [9.17, 15) is 9.59 Å². The molecule has 0 aromatic carbocycles. The van der Waals surface area contributed by atoms with Gasteiger partial charge >= 0.3 is 0 Å². The van der Waals surface area contributed by atoms with Gasteiger partial charge in [-0.2, -0.15) is 0 Å². The molecule has 0 heterocycles. The van der Waals surface area contributed by atoms with Gasteiger partial charge in [-0.15, -0.1) is 12.4 Å². The Hall–Kier alpha value is -0.810. The number of hydrogen-bond acceptors (Lipinski definition) is 3. The molecule has 2 fully saturated rings. The molecule has 2 unspecified atom stereocenters. The van der Waals surface area contributed by atoms with Crippen molar-refractivity contribution in [3.05, 3.63) is 0 Å². The summed E-state index contributed by atoms with van der Waals surface area (Å²) < 4.78 is 0. The van der Waals surface area contributed by atoms with Crippen LogP contribution in [-0.2, 0) is 9.59 Å². The number of carbonyl (C=O) groups is 2. The summed E-state index contributed by atoms with van der Waals surface area (Å²) >= 11 is 0. The summed E-state index contributed by atoms with van der Waals surface area (Å²) in [6.45, 7) is 1.04. The van der Waals surface area contributed by atoms with Crippen molar-refractivity contribution in [2.75, 3.05) is 13.1 Å². The van der Waals surface area contributed by atoms with Crippen LogP contribution in [0.5, 0.6) is 0 Å². The van der Waals surface area contributed by atoms with Crippen LogP contribution in [0, 0.1) is 11.8 Å². The molecule has 0 aromatic rings. The molecule has 0 radical (unpaired) electrons. The van der Waals surface area contributed by atoms with E-state index in [1.807, 2.05) is 0 Å². The molecule has 6 heteroatoms. The molecule has 2 saturated carbocycles. The number of halogens is 1. The summed E-state index contributed by atoms with van der Waals surface area (Å²) in [4.78, 5) is 23.7. The largest absolute Gasteiger partial charge is 0.354 e. The molecule has 2 amide bonds. The molecule has 22 heavy (non-hydrogen) atoms. The Labute approximate surface area is 139 Å². The van der Waals surface area contributed by atoms with Crippen LogP contribution in [0.3, 0.4) is 0 Å². The van der Waals surface area contributed by atoms with Crippen molar-refractivity contribution in [2.24, 2.45) is 17.6 Å². The SMILES string of the molecule is Cl.NC1CCC(C(=O)NCCNC(=O)CC2CCCCC2)C1. The molecule has 128 valence electrons. The average molecular weight is 332 g/mol. The molecule has 5 nitrogen and oxygen atoms in total. The van der Waals surface area contributed by atoms with Gasteiger partial charge in [0.05, 0.1) is 0 Å². The fourth-order valence-corrected chi connectivity index (χ4v) is 3.51. The lowest BCUT2D eigenvalue weighted by Crippen LogP contribution is -2.37. The van der Waals surface area contributed by atoms with E-state index in [-0.39, 0.29) is 36.2 Å². The highest BCUT2D eigenvalue weighted by Crippen LogP contribution is 2.26. The number of hydrogen-bond donors (Lipinski definition) is 3. The summed E-state index contributed by atoms with van der Waals surface area (Å²) in [5.74, 6) is 0.842. The third-order valence-corrected chi connectivity index (χ3v) is 4.79. The zero-order chi connectivity index (χ0) is 15.1. The molecule has 2 atom stereocenters. The maximum absolute atomic E-state index is 11.9. The highest BCUT2D eigenvalue weighted by atomic mass is 35.5. The Morgan fingerprint density at radius 3 is 2.27 bits per heavy atom. The van der Waals surface area contributed by atoms with E-state index in [1.54, 1.807) is 0 Å². The zero-order valence-corrected chi connectivity index (χ0v) is 14.1. The predicted molar refractivity (Wildman–Crippen MR) is 89.8 cm³/mol. The highest BCUT2D eigenvalue weighted by molar-refractivity contribution is 5.85. The Morgan fingerprint density at radius 2 is 1.64 bits per heavy atom. The van der Waals surface area contributed by atoms with E-state index in [0.29, 0.717) is 25.4 Å². The number of amides is 2. The van der Waals surface area contributed by atoms with Gasteiger partial charge in [0.25, 0.3) is 0 Å². The number of rotatable bonds is 6. The standard InChI is InChI=1S/C16H29N3O2.ClH/c17-14-7-6-13(11-14)16(21)19-9-8-18-15(20)10-12-4-2-1-3-5-12;/h12-14H,1-11,17H2,(H,18,20)(H,19,21);1H. The van der Waals surface area contributed by atoms with Gasteiger partial charge in [-0.1, -0.05) is 19.3 Å². The van der Waals surface area contributed by atoms with Crippen LogP contribution >= 0.6 is 12.4 Å². The van der Waals surface area contributed by atoms with Crippen molar-refractivity contribution in [2.45, 2.75) is 63.8 Å². The van der Waals surface area contributed by atoms with E-state index in [1.165, 1.54) is 32.1 Å². The monoisotopic (exact) mass is 331 g/mol. The van der Waals surface area contributed by atoms with Crippen LogP contribution in [0.4, 0.5) is 0 Å². The van der Waals surface area contributed by atoms with Crippen molar-refractivity contribution in [3.8, 4) is 0 Å². The van der Waals surface area contributed by atoms with E-state index >= 15 is 0 Å². The quantitative estimate of drug-likeness (QED) is 0.648. The average Bonchev–Trinajstić information content (AvgIpc) is 2.91. The maximum Gasteiger partial charge on any atom is 0.223 e. The molecule has 2 aliphatic rings. The first kappa shape index (κ1) is 19.2. The van der Waals surface area contributed by atoms with E-state index < -0.39 is 0 Å². The Bertz CT molecular complexity index is 359. The molecule has 0 aliphatic heterocycles. The third kappa shape index (κ3) is 6.53. The second-order valence-electron chi connectivity index (χ2n) is 6.62. The molecular formula is C16H30ClN3O2. The summed E-state index contributed by atoms with van der Waals surface area (Å²) in [7, 11) is 0. The number of nitrogens with two attached hydrogens (primary N) is 1. The molecule has 0 bridgehead atoms. The van der Waals surface area contributed by atoms with Gasteiger partial charge < -0.3 is 16.4 Å². The van der Waals surface area contributed by atoms with Crippen LogP contribution in [0.15, 0.2) is 0 Å². The van der Waals surface area contributed by atoms with E-state index in [0.717, 1.165) is 19.3 Å². The van der Waals surface area contributed by atoms with Crippen molar-refractivity contribution >= 4 is 24.2 Å². The highest BCUT2D eigenvalue weighted by Gasteiger charge is 2.27. The summed E-state index contributed by atoms with van der Waals surface area (Å²) in [6.07, 6.45) is 9.48. The molecule has 2 aliphatic carbocycles. The van der Waals surface area contributed by atoms with Crippen LogP contribution in [0.2, 0.25) is 0 Å². The van der Waals surface area contributed by atoms with Crippen LogP contribution in [0.1, 0.15) is 57.8 Å². The minimum atomic E-state index is 0. The van der Waals surface area contributed by atoms with Crippen molar-refractivity contribution in [1.82, 2.24) is 10.6 Å². The minimum Gasteiger partial charge on any atom is -0.354 e. The Kier molecular flexibility index (Phi) is 8.79. The molecule has 4 N–H and O–H groups in total. The van der Waals surface area contributed by atoms with Gasteiger partial charge in [-0.3, -0.25) is 9.59 Å². The lowest BCUT2D eigenvalue weighted by Gasteiger charge is -2.20. The molecule has 2 rings (SSSR count). The van der Waals surface area contributed by atoms with Gasteiger partial charge in [-0.05, 0) is 38.0 Å². The fraction of sp³-hybridized carbons (Fsp3) is 0.875. The molecule has 0 aromatic heterocycles. The maximum atomic E-state index is 11.9. The second kappa shape index (κ2) is 10.1. The first-order valence-electron chi connectivity index (χ1n) is 8.45. The molecule has 0 saturated heterocycles. The third-order valence-electron chi connectivity index (χ3n) is 4.79. The lowest BCUT2D eigenvalue weighted by molar-refractivity contribution is -0.125. The summed E-state index contributed by atoms with van der Waals surface area (Å²) in [6, 6.07) is 0.177. The Morgan fingerprint density at radius 1 is 0.955 bits per heavy atom. The predicted octanol–water partition coefficient (Wildman–Crippen LogP) is 1.74.